The zero-order valence-corrected chi connectivity index (χ0v) is 66.7. The summed E-state index contributed by atoms with van der Waals surface area (Å²) in [4.78, 5) is 73.1. The smallest absolute Gasteiger partial charge is 0.462 e. The van der Waals surface area contributed by atoms with Gasteiger partial charge in [0.2, 0.25) is 0 Å². The molecule has 0 aliphatic rings. The maximum atomic E-state index is 13.1. The summed E-state index contributed by atoms with van der Waals surface area (Å²) in [6.45, 7) is 4.42. The molecule has 0 radical (unpaired) electrons. The second-order valence-corrected chi connectivity index (χ2v) is 29.1. The lowest BCUT2D eigenvalue weighted by molar-refractivity contribution is -0.161. The van der Waals surface area contributed by atoms with E-state index in [4.69, 9.17) is 37.0 Å². The molecule has 0 aliphatic heterocycles. The summed E-state index contributed by atoms with van der Waals surface area (Å²) in [6, 6.07) is 0. The highest BCUT2D eigenvalue weighted by Crippen LogP contribution is 2.45. The highest BCUT2D eigenvalue weighted by molar-refractivity contribution is 7.47. The van der Waals surface area contributed by atoms with Gasteiger partial charge < -0.3 is 33.8 Å². The van der Waals surface area contributed by atoms with E-state index in [0.717, 1.165) is 231 Å². The molecule has 0 aromatic carbocycles. The van der Waals surface area contributed by atoms with Crippen LogP contribution in [0.4, 0.5) is 0 Å². The Kier molecular flexibility index (Phi) is 72.4. The van der Waals surface area contributed by atoms with Crippen molar-refractivity contribution in [3.05, 3.63) is 146 Å². The number of ether oxygens (including phenoxy) is 4. The number of rotatable bonds is 74. The van der Waals surface area contributed by atoms with Crippen molar-refractivity contribution in [1.29, 1.82) is 0 Å². The number of aliphatic hydroxyl groups is 1. The Bertz CT molecular complexity index is 2540. The van der Waals surface area contributed by atoms with Crippen LogP contribution < -0.4 is 0 Å². The molecular weight excluding hydrogens is 1350 g/mol. The van der Waals surface area contributed by atoms with Gasteiger partial charge in [0.25, 0.3) is 0 Å². The number of allylic oxidation sites excluding steroid dienone is 24. The van der Waals surface area contributed by atoms with Gasteiger partial charge >= 0.3 is 39.5 Å². The zero-order valence-electron chi connectivity index (χ0n) is 64.9. The van der Waals surface area contributed by atoms with Crippen LogP contribution in [0, 0.1) is 0 Å². The summed E-state index contributed by atoms with van der Waals surface area (Å²) < 4.78 is 68.6. The Hall–Kier alpha value is -5.06. The molecule has 0 heterocycles. The fourth-order valence-corrected chi connectivity index (χ4v) is 11.9. The number of aliphatic hydroxyl groups excluding tert-OH is 1. The van der Waals surface area contributed by atoms with Gasteiger partial charge in [0, 0.05) is 25.7 Å². The quantitative estimate of drug-likeness (QED) is 0.0169. The van der Waals surface area contributed by atoms with Crippen molar-refractivity contribution in [1.82, 2.24) is 0 Å². The van der Waals surface area contributed by atoms with Gasteiger partial charge in [0.1, 0.15) is 19.3 Å². The second-order valence-electron chi connectivity index (χ2n) is 26.2. The third kappa shape index (κ3) is 75.2. The molecule has 0 saturated heterocycles. The summed E-state index contributed by atoms with van der Waals surface area (Å²) >= 11 is 0. The molecule has 17 nitrogen and oxygen atoms in total. The summed E-state index contributed by atoms with van der Waals surface area (Å²) in [5, 5.41) is 10.6. The van der Waals surface area contributed by atoms with E-state index in [0.29, 0.717) is 25.7 Å². The molecule has 0 aromatic rings. The third-order valence-corrected chi connectivity index (χ3v) is 18.2. The normalized spacial score (nSPS) is 14.6. The molecule has 5 atom stereocenters. The van der Waals surface area contributed by atoms with Crippen LogP contribution in [0.2, 0.25) is 0 Å². The largest absolute Gasteiger partial charge is 0.472 e. The highest BCUT2D eigenvalue weighted by Gasteiger charge is 2.30. The van der Waals surface area contributed by atoms with Crippen molar-refractivity contribution < 1.29 is 80.2 Å². The minimum atomic E-state index is -4.99. The molecule has 0 bridgehead atoms. The van der Waals surface area contributed by atoms with Gasteiger partial charge in [-0.2, -0.15) is 0 Å². The number of phosphoric ester groups is 2. The summed E-state index contributed by atoms with van der Waals surface area (Å²) in [5.41, 5.74) is 0. The number of carbonyl (C=O) groups is 4. The van der Waals surface area contributed by atoms with E-state index in [1.165, 1.54) is 0 Å². The zero-order chi connectivity index (χ0) is 76.0. The fourth-order valence-electron chi connectivity index (χ4n) is 10.3. The van der Waals surface area contributed by atoms with Crippen molar-refractivity contribution in [2.45, 2.75) is 329 Å². The minimum absolute atomic E-state index is 0.0692. The van der Waals surface area contributed by atoms with Crippen LogP contribution >= 0.6 is 15.6 Å². The van der Waals surface area contributed by atoms with Crippen molar-refractivity contribution in [3.8, 4) is 0 Å². The summed E-state index contributed by atoms with van der Waals surface area (Å²) in [5.74, 6) is -2.24. The van der Waals surface area contributed by atoms with Crippen LogP contribution in [0.15, 0.2) is 146 Å². The Morgan fingerprint density at radius 2 is 0.500 bits per heavy atom. The van der Waals surface area contributed by atoms with Crippen LogP contribution in [-0.2, 0) is 65.4 Å². The van der Waals surface area contributed by atoms with Crippen LogP contribution in [0.3, 0.4) is 0 Å². The van der Waals surface area contributed by atoms with Gasteiger partial charge in [-0.15, -0.1) is 0 Å². The second kappa shape index (κ2) is 76.1. The Labute approximate surface area is 630 Å². The van der Waals surface area contributed by atoms with Crippen LogP contribution in [0.25, 0.3) is 0 Å². The predicted molar refractivity (Wildman–Crippen MR) is 427 cm³/mol. The summed E-state index contributed by atoms with van der Waals surface area (Å²) in [6.07, 6.45) is 86.8. The molecule has 104 heavy (non-hydrogen) atoms. The lowest BCUT2D eigenvalue weighted by Crippen LogP contribution is -2.30. The van der Waals surface area contributed by atoms with Crippen molar-refractivity contribution >= 4 is 39.5 Å². The maximum Gasteiger partial charge on any atom is 0.472 e. The number of hydrogen-bond acceptors (Lipinski definition) is 15. The topological polar surface area (TPSA) is 237 Å². The first kappa shape index (κ1) is 98.9. The molecule has 0 fully saturated rings. The van der Waals surface area contributed by atoms with E-state index in [-0.39, 0.29) is 25.7 Å². The summed E-state index contributed by atoms with van der Waals surface area (Å²) in [7, 11) is -9.98. The Morgan fingerprint density at radius 3 is 0.769 bits per heavy atom. The van der Waals surface area contributed by atoms with Gasteiger partial charge in [0.05, 0.1) is 26.4 Å². The molecule has 0 spiro atoms. The van der Waals surface area contributed by atoms with E-state index in [9.17, 15) is 43.2 Å². The fraction of sp³-hybridized carbons (Fsp3) is 0.671. The average Bonchev–Trinajstić information content (AvgIpc) is 0.910. The first-order chi connectivity index (χ1) is 50.7. The van der Waals surface area contributed by atoms with E-state index in [2.05, 4.69) is 174 Å². The SMILES string of the molecule is CC/C=C\C/C=C\C/C=C\C/C=C\CCCCCCC(=O)OCC(COP(=O)(O)OCC(O)COP(=O)(O)OCC(COC(=O)CCCCCCCCC/C=C\C/C=C\C/C=C\CC)OC(=O)CCCCCCCCC/C=C\C/C=C\C/C=C\CC)OC(=O)CCCCCCC/C=C\C/C=C\CCC. The Morgan fingerprint density at radius 1 is 0.279 bits per heavy atom. The molecule has 0 saturated carbocycles. The molecule has 0 amide bonds. The number of unbranched alkanes of at least 4 members (excludes halogenated alkanes) is 24. The lowest BCUT2D eigenvalue weighted by atomic mass is 10.1. The average molecular weight is 1500 g/mol. The van der Waals surface area contributed by atoms with E-state index in [1.807, 2.05) is 0 Å². The van der Waals surface area contributed by atoms with E-state index in [1.54, 1.807) is 0 Å². The molecule has 3 N–H and O–H groups in total. The van der Waals surface area contributed by atoms with Gasteiger partial charge in [-0.1, -0.05) is 276 Å². The van der Waals surface area contributed by atoms with Crippen molar-refractivity contribution in [3.63, 3.8) is 0 Å². The minimum Gasteiger partial charge on any atom is -0.462 e. The number of hydrogen-bond donors (Lipinski definition) is 3. The number of carbonyl (C=O) groups excluding carboxylic acids is 4. The van der Waals surface area contributed by atoms with E-state index < -0.39 is 97.5 Å². The first-order valence-corrected chi connectivity index (χ1v) is 43.1. The highest BCUT2D eigenvalue weighted by atomic mass is 31.2. The Balaban J connectivity index is 5.40. The molecule has 0 aliphatic carbocycles. The maximum absolute atomic E-state index is 13.1. The molecule has 0 aromatic heterocycles. The van der Waals surface area contributed by atoms with Gasteiger partial charge in [-0.25, -0.2) is 9.13 Å². The van der Waals surface area contributed by atoms with Crippen LogP contribution in [0.5, 0.6) is 0 Å². The van der Waals surface area contributed by atoms with Gasteiger partial charge in [-0.3, -0.25) is 37.3 Å². The molecular formula is C85H142O17P2. The molecule has 594 valence electrons. The third-order valence-electron chi connectivity index (χ3n) is 16.3. The van der Waals surface area contributed by atoms with E-state index >= 15 is 0 Å². The first-order valence-electron chi connectivity index (χ1n) is 40.1. The molecule has 0 rings (SSSR count). The van der Waals surface area contributed by atoms with Crippen LogP contribution in [0.1, 0.15) is 310 Å². The number of phosphoric acid groups is 2. The predicted octanol–water partition coefficient (Wildman–Crippen LogP) is 23.4. The standard InChI is InChI=1S/C85H142O17P2/c1-5-9-13-17-21-25-29-33-36-39-42-46-49-53-57-61-65-69-82(87)95-75-80(101-84(89)71-67-63-59-55-51-45-32-28-24-20-16-12-8-4)77-99-103(91,92)97-73-79(86)74-98-104(93,94)100-78-81(102-85(90)72-68-64-60-56-52-48-44-41-38-35-31-27-23-19-15-11-7-3)76-96-83(88)70-66-62-58-54-50-47-43-40-37-34-30-26-22-18-14-10-6-2/h9-11,13-16,20-23,25-28,32-38,42,46,79-81,86H,5-8,12,17-19,24,29-31,39-41,43-45,47-78H2,1-4H3,(H,91,92)(H,93,94)/b13-9-,14-10-,15-11-,20-16-,25-21-,26-22-,27-23-,32-28-,36-33-,37-34-,38-35-,46-42-. The van der Waals surface area contributed by atoms with Crippen molar-refractivity contribution in [2.75, 3.05) is 39.6 Å². The van der Waals surface area contributed by atoms with Crippen molar-refractivity contribution in [2.24, 2.45) is 0 Å². The molecule has 19 heteroatoms. The lowest BCUT2D eigenvalue weighted by Gasteiger charge is -2.21. The molecule has 5 unspecified atom stereocenters. The monoisotopic (exact) mass is 1500 g/mol. The van der Waals surface area contributed by atoms with Gasteiger partial charge in [-0.05, 0) is 154 Å². The van der Waals surface area contributed by atoms with Crippen LogP contribution in [-0.4, -0.2) is 96.7 Å². The number of esters is 4. The van der Waals surface area contributed by atoms with Gasteiger partial charge in [0.15, 0.2) is 12.2 Å².